The number of carbonyl (C=O) groups excluding carboxylic acids is 1. The van der Waals surface area contributed by atoms with Crippen molar-refractivity contribution in [1.29, 1.82) is 0 Å². The fourth-order valence-corrected chi connectivity index (χ4v) is 2.46. The number of aryl methyl sites for hydroxylation is 3. The Hall–Kier alpha value is 1.51. The molecule has 0 atom stereocenters. The molecular formula is C25H29F3I6N2O2V-. The summed E-state index contributed by atoms with van der Waals surface area (Å²) in [7, 11) is 0. The Morgan fingerprint density at radius 3 is 1.54 bits per heavy atom. The van der Waals surface area contributed by atoms with E-state index in [1.807, 2.05) is 0 Å². The van der Waals surface area contributed by atoms with Gasteiger partial charge in [0.2, 0.25) is 0 Å². The molecule has 39 heavy (non-hydrogen) atoms. The Bertz CT molecular complexity index is 1130. The molecule has 0 fully saturated rings. The van der Waals surface area contributed by atoms with Gasteiger partial charge in [0.25, 0.3) is 0 Å². The van der Waals surface area contributed by atoms with Crippen LogP contribution in [0.3, 0.4) is 0 Å². The number of rotatable bonds is 3. The number of oxime groups is 1. The molecule has 0 radical (unpaired) electrons. The van der Waals surface area contributed by atoms with Gasteiger partial charge in [-0.05, 0) is 43.5 Å². The van der Waals surface area contributed by atoms with Gasteiger partial charge in [0.05, 0.1) is 11.8 Å². The van der Waals surface area contributed by atoms with Crippen molar-refractivity contribution in [3.8, 4) is 0 Å². The summed E-state index contributed by atoms with van der Waals surface area (Å²) in [6.45, 7) is 5.29. The number of benzene rings is 3. The molecule has 4 nitrogen and oxygen atoms in total. The standard InChI is InChI=1S/C8H8FNO.C8H10FN.C8H7FO.CH4.I3.3HI.V/c1-6-3-2-4-7(5-10-11)8(6)9;2*1-6-3-2-4-7(5-10)8(6)9;;1-3-2;;;;/h2-5,11H,1H3;2-4H,5,10H2,1H3;2-5H,1H3;1H4;;3*1H;/q;;;;-1;;;;+3/p-3/b10-5-;;;;;;;;. The molecule has 0 aliphatic heterocycles. The second-order valence-electron chi connectivity index (χ2n) is 6.82. The summed E-state index contributed by atoms with van der Waals surface area (Å²) in [6.07, 6.45) is 1.59. The number of halogens is 9. The molecule has 0 bridgehead atoms. The van der Waals surface area contributed by atoms with Crippen LogP contribution in [0.15, 0.2) is 59.8 Å². The van der Waals surface area contributed by atoms with Gasteiger partial charge in [0.15, 0.2) is 6.29 Å². The van der Waals surface area contributed by atoms with E-state index in [1.54, 1.807) is 69.3 Å². The van der Waals surface area contributed by atoms with Crippen molar-refractivity contribution in [1.82, 2.24) is 0 Å². The van der Waals surface area contributed by atoms with E-state index in [4.69, 9.17) is 10.9 Å². The molecule has 0 heterocycles. The SMILES string of the molecule is C.Cc1cccc(/C=N\O)c1F.Cc1cccc(C=O)c1F.Cc1cccc(CN)c1F.I[I-]I.[I][V]([I])[I]. The van der Waals surface area contributed by atoms with Crippen LogP contribution in [0.1, 0.15) is 45.6 Å². The number of nitrogens with zero attached hydrogens (tertiary/aromatic N) is 1. The van der Waals surface area contributed by atoms with Crippen LogP contribution in [0, 0.1) is 38.2 Å². The topological polar surface area (TPSA) is 75.7 Å². The quantitative estimate of drug-likeness (QED) is 0.0937. The van der Waals surface area contributed by atoms with Crippen molar-refractivity contribution >= 4 is 110 Å². The zero-order chi connectivity index (χ0) is 29.7. The van der Waals surface area contributed by atoms with Crippen LogP contribution in [0.5, 0.6) is 0 Å². The molecule has 0 saturated heterocycles. The third kappa shape index (κ3) is 21.8. The fourth-order valence-electron chi connectivity index (χ4n) is 2.46. The van der Waals surface area contributed by atoms with E-state index in [0.29, 0.717) is 47.4 Å². The Kier molecular flexibility index (Phi) is 32.6. The van der Waals surface area contributed by atoms with Gasteiger partial charge in [-0.15, -0.1) is 0 Å². The maximum atomic E-state index is 13.0. The van der Waals surface area contributed by atoms with E-state index in [9.17, 15) is 18.0 Å². The zero-order valence-corrected chi connectivity index (χ0v) is 34.6. The van der Waals surface area contributed by atoms with Gasteiger partial charge in [-0.1, -0.05) is 61.1 Å². The predicted molar refractivity (Wildman–Crippen MR) is 193 cm³/mol. The maximum absolute atomic E-state index is 13.0. The summed E-state index contributed by atoms with van der Waals surface area (Å²) in [5.74, 6) is -0.937. The van der Waals surface area contributed by atoms with Crippen LogP contribution in [0.25, 0.3) is 0 Å². The average Bonchev–Trinajstić information content (AvgIpc) is 2.86. The Morgan fingerprint density at radius 2 is 1.21 bits per heavy atom. The van der Waals surface area contributed by atoms with Crippen LogP contribution < -0.4 is 19.0 Å². The van der Waals surface area contributed by atoms with Crippen molar-refractivity contribution in [2.75, 3.05) is 0 Å². The first-order valence-corrected chi connectivity index (χ1v) is 36.2. The first-order chi connectivity index (χ1) is 17.9. The third-order valence-electron chi connectivity index (χ3n) is 4.26. The number of hydrogen-bond acceptors (Lipinski definition) is 4. The van der Waals surface area contributed by atoms with Crippen LogP contribution in [0.2, 0.25) is 0 Å². The van der Waals surface area contributed by atoms with Gasteiger partial charge in [-0.2, -0.15) is 0 Å². The first kappa shape index (κ1) is 44.9. The van der Waals surface area contributed by atoms with Crippen molar-refractivity contribution in [3.63, 3.8) is 0 Å². The number of aldehydes is 1. The average molecular weight is 1260 g/mol. The molecule has 14 heteroatoms. The number of carbonyl (C=O) groups is 1. The molecular weight excluding hydrogens is 1230 g/mol. The molecule has 0 amide bonds. The van der Waals surface area contributed by atoms with Crippen molar-refractivity contribution in [3.05, 3.63) is 105 Å². The van der Waals surface area contributed by atoms with Crippen molar-refractivity contribution in [2.45, 2.75) is 34.7 Å². The summed E-state index contributed by atoms with van der Waals surface area (Å²) in [4.78, 5) is 9.86. The fraction of sp³-hybridized carbons (Fsp3) is 0.200. The van der Waals surface area contributed by atoms with Crippen molar-refractivity contribution < 1.29 is 41.3 Å². The molecule has 220 valence electrons. The molecule has 3 rings (SSSR count). The predicted octanol–water partition coefficient (Wildman–Crippen LogP) is 7.55. The summed E-state index contributed by atoms with van der Waals surface area (Å²) in [5, 5.41) is 10.9. The first-order valence-electron chi connectivity index (χ1n) is 10.1. The van der Waals surface area contributed by atoms with Gasteiger partial charge < -0.3 is 10.9 Å². The molecule has 3 N–H and O–H groups in total. The van der Waals surface area contributed by atoms with E-state index in [0.717, 1.165) is 6.21 Å². The van der Waals surface area contributed by atoms with Gasteiger partial charge in [-0.25, -0.2) is 13.2 Å². The molecule has 0 aliphatic rings. The number of hydrogen-bond donors (Lipinski definition) is 2. The Labute approximate surface area is 297 Å². The Morgan fingerprint density at radius 1 is 0.846 bits per heavy atom. The molecule has 0 aliphatic carbocycles. The van der Waals surface area contributed by atoms with Crippen LogP contribution in [-0.4, -0.2) is 17.7 Å². The second-order valence-corrected chi connectivity index (χ2v) is 58.4. The van der Waals surface area contributed by atoms with Crippen LogP contribution >= 0.6 is 97.2 Å². The second kappa shape index (κ2) is 28.3. The minimum atomic E-state index is -0.419. The van der Waals surface area contributed by atoms with E-state index >= 15 is 0 Å². The van der Waals surface area contributed by atoms with E-state index in [2.05, 4.69) is 102 Å². The van der Waals surface area contributed by atoms with Gasteiger partial charge in [-0.3, -0.25) is 4.79 Å². The molecule has 0 aromatic heterocycles. The molecule has 3 aromatic rings. The third-order valence-corrected chi connectivity index (χ3v) is 4.26. The van der Waals surface area contributed by atoms with Crippen LogP contribution in [0.4, 0.5) is 13.2 Å². The normalized spacial score (nSPS) is 9.46. The van der Waals surface area contributed by atoms with Gasteiger partial charge >= 0.3 is 115 Å². The zero-order valence-electron chi connectivity index (χ0n) is 20.3. The summed E-state index contributed by atoms with van der Waals surface area (Å²) in [6, 6.07) is 14.9. The summed E-state index contributed by atoms with van der Waals surface area (Å²) >= 11 is 12.7. The molecule has 0 spiro atoms. The van der Waals surface area contributed by atoms with Crippen molar-refractivity contribution in [2.24, 2.45) is 10.9 Å². The molecule has 0 unspecified atom stereocenters. The van der Waals surface area contributed by atoms with E-state index < -0.39 is 5.82 Å². The molecule has 0 saturated carbocycles. The van der Waals surface area contributed by atoms with E-state index in [-0.39, 0.29) is 36.1 Å². The molecule has 3 aromatic carbocycles. The Balaban J connectivity index is -0.000000441. The van der Waals surface area contributed by atoms with E-state index in [1.165, 1.54) is 6.07 Å². The summed E-state index contributed by atoms with van der Waals surface area (Å²) < 4.78 is 38.7. The van der Waals surface area contributed by atoms with Crippen LogP contribution in [-0.2, 0) is 11.5 Å². The minimum absolute atomic E-state index is 0. The van der Waals surface area contributed by atoms with Gasteiger partial charge in [0.1, 0.15) is 17.5 Å². The van der Waals surface area contributed by atoms with Gasteiger partial charge in [0, 0.05) is 17.7 Å². The monoisotopic (exact) mass is 1260 g/mol. The number of nitrogens with two attached hydrogens (primary N) is 1. The summed E-state index contributed by atoms with van der Waals surface area (Å²) in [5.41, 5.74) is 7.99.